The van der Waals surface area contributed by atoms with Crippen LogP contribution in [0.4, 0.5) is 0 Å². The summed E-state index contributed by atoms with van der Waals surface area (Å²) in [5.41, 5.74) is 3.77. The van der Waals surface area contributed by atoms with Crippen molar-refractivity contribution in [3.63, 3.8) is 0 Å². The van der Waals surface area contributed by atoms with Crippen LogP contribution in [0.2, 0.25) is 0 Å². The van der Waals surface area contributed by atoms with Crippen LogP contribution in [0.25, 0.3) is 11.4 Å². The molecule has 1 aromatic carbocycles. The second-order valence-electron chi connectivity index (χ2n) is 3.49. The summed E-state index contributed by atoms with van der Waals surface area (Å²) in [6.07, 6.45) is 2.11. The smallest absolute Gasteiger partial charge is 0.140 e. The molecule has 0 N–H and O–H groups in total. The first-order valence-corrected chi connectivity index (χ1v) is 4.46. The number of fused-ring (bicyclic) bond motifs is 3. The van der Waals surface area contributed by atoms with Gasteiger partial charge in [-0.05, 0) is 12.5 Å². The van der Waals surface area contributed by atoms with Crippen LogP contribution >= 0.6 is 0 Å². The highest BCUT2D eigenvalue weighted by Crippen LogP contribution is 2.30. The Morgan fingerprint density at radius 1 is 1.29 bits per heavy atom. The second-order valence-corrected chi connectivity index (χ2v) is 3.49. The standard InChI is InChI=1S/C11H10N2.BrH/c1-8-6-13-7-9-4-2-3-5-10(9)11(13)12-8;/h2-6H,7H2,1H3;1H/p-1. The van der Waals surface area contributed by atoms with Crippen LogP contribution < -0.4 is 17.0 Å². The third-order valence-corrected chi connectivity index (χ3v) is 2.50. The van der Waals surface area contributed by atoms with Gasteiger partial charge in [0.2, 0.25) is 0 Å². The van der Waals surface area contributed by atoms with Crippen LogP contribution in [0, 0.1) is 6.92 Å². The van der Waals surface area contributed by atoms with Gasteiger partial charge in [0.1, 0.15) is 5.82 Å². The molecule has 14 heavy (non-hydrogen) atoms. The maximum absolute atomic E-state index is 4.50. The molecule has 0 atom stereocenters. The van der Waals surface area contributed by atoms with E-state index in [1.165, 1.54) is 11.1 Å². The molecule has 3 heteroatoms. The van der Waals surface area contributed by atoms with Crippen LogP contribution in [0.15, 0.2) is 30.5 Å². The molecule has 2 aromatic rings. The first-order valence-electron chi connectivity index (χ1n) is 4.46. The monoisotopic (exact) mass is 249 g/mol. The maximum atomic E-state index is 4.50. The predicted molar refractivity (Wildman–Crippen MR) is 51.5 cm³/mol. The Balaban J connectivity index is 0.000000750. The third kappa shape index (κ3) is 1.20. The lowest BCUT2D eigenvalue weighted by Gasteiger charge is -1.94. The second kappa shape index (κ2) is 3.24. The van der Waals surface area contributed by atoms with E-state index in [4.69, 9.17) is 0 Å². The normalized spacial score (nSPS) is 11.8. The zero-order valence-electron chi connectivity index (χ0n) is 7.87. The molecule has 0 radical (unpaired) electrons. The van der Waals surface area contributed by atoms with E-state index in [0.29, 0.717) is 0 Å². The number of halogens is 1. The topological polar surface area (TPSA) is 17.8 Å². The molecule has 0 bridgehead atoms. The third-order valence-electron chi connectivity index (χ3n) is 2.50. The van der Waals surface area contributed by atoms with Gasteiger partial charge in [0.25, 0.3) is 0 Å². The van der Waals surface area contributed by atoms with Gasteiger partial charge in [0.15, 0.2) is 0 Å². The fourth-order valence-electron chi connectivity index (χ4n) is 1.94. The highest BCUT2D eigenvalue weighted by molar-refractivity contribution is 5.64. The molecule has 0 unspecified atom stereocenters. The number of nitrogens with zero attached hydrogens (tertiary/aromatic N) is 2. The van der Waals surface area contributed by atoms with Gasteiger partial charge in [-0.25, -0.2) is 4.98 Å². The molecule has 3 rings (SSSR count). The van der Waals surface area contributed by atoms with E-state index in [9.17, 15) is 0 Å². The van der Waals surface area contributed by atoms with Crippen LogP contribution in [0.3, 0.4) is 0 Å². The Morgan fingerprint density at radius 3 is 2.93 bits per heavy atom. The minimum atomic E-state index is 0. The summed E-state index contributed by atoms with van der Waals surface area (Å²) in [4.78, 5) is 4.50. The molecule has 0 fully saturated rings. The largest absolute Gasteiger partial charge is 1.00 e. The van der Waals surface area contributed by atoms with E-state index >= 15 is 0 Å². The Morgan fingerprint density at radius 2 is 2.07 bits per heavy atom. The van der Waals surface area contributed by atoms with Crippen molar-refractivity contribution in [2.45, 2.75) is 13.5 Å². The summed E-state index contributed by atoms with van der Waals surface area (Å²) in [5, 5.41) is 0. The molecule has 2 nitrogen and oxygen atoms in total. The number of rotatable bonds is 0. The molecule has 1 aliphatic rings. The van der Waals surface area contributed by atoms with Crippen LogP contribution in [0.1, 0.15) is 11.3 Å². The summed E-state index contributed by atoms with van der Waals surface area (Å²) >= 11 is 0. The summed E-state index contributed by atoms with van der Waals surface area (Å²) in [6.45, 7) is 3.01. The van der Waals surface area contributed by atoms with Crippen molar-refractivity contribution in [3.05, 3.63) is 41.7 Å². The maximum Gasteiger partial charge on any atom is 0.140 e. The SMILES string of the molecule is Cc1cn2c(n1)-c1ccccc1C2.[Br-]. The van der Waals surface area contributed by atoms with Gasteiger partial charge in [0.05, 0.1) is 5.69 Å². The van der Waals surface area contributed by atoms with Gasteiger partial charge in [-0.1, -0.05) is 24.3 Å². The molecule has 0 saturated carbocycles. The van der Waals surface area contributed by atoms with Crippen molar-refractivity contribution in [3.8, 4) is 11.4 Å². The molecule has 0 saturated heterocycles. The molecular formula is C11H10BrN2-. The molecule has 0 amide bonds. The molecule has 1 aliphatic heterocycles. The minimum Gasteiger partial charge on any atom is -1.00 e. The van der Waals surface area contributed by atoms with Crippen molar-refractivity contribution in [1.29, 1.82) is 0 Å². The lowest BCUT2D eigenvalue weighted by atomic mass is 10.1. The zero-order valence-corrected chi connectivity index (χ0v) is 9.45. The predicted octanol–water partition coefficient (Wildman–Crippen LogP) is -0.776. The van der Waals surface area contributed by atoms with Crippen molar-refractivity contribution < 1.29 is 17.0 Å². The van der Waals surface area contributed by atoms with Gasteiger partial charge in [0, 0.05) is 18.3 Å². The van der Waals surface area contributed by atoms with E-state index in [1.807, 2.05) is 6.92 Å². The molecule has 0 aliphatic carbocycles. The van der Waals surface area contributed by atoms with Gasteiger partial charge < -0.3 is 21.5 Å². The number of aromatic nitrogens is 2. The molecule has 0 spiro atoms. The average molecular weight is 250 g/mol. The van der Waals surface area contributed by atoms with Gasteiger partial charge in [-0.15, -0.1) is 0 Å². The van der Waals surface area contributed by atoms with E-state index < -0.39 is 0 Å². The van der Waals surface area contributed by atoms with E-state index in [0.717, 1.165) is 18.1 Å². The molecular weight excluding hydrogens is 240 g/mol. The minimum absolute atomic E-state index is 0. The fraction of sp³-hybridized carbons (Fsp3) is 0.182. The Hall–Kier alpha value is -1.09. The van der Waals surface area contributed by atoms with Crippen LogP contribution in [-0.2, 0) is 6.54 Å². The zero-order chi connectivity index (χ0) is 8.84. The first kappa shape index (κ1) is 9.46. The number of hydrogen-bond acceptors (Lipinski definition) is 1. The van der Waals surface area contributed by atoms with Crippen molar-refractivity contribution >= 4 is 0 Å². The van der Waals surface area contributed by atoms with Crippen molar-refractivity contribution in [2.24, 2.45) is 0 Å². The van der Waals surface area contributed by atoms with E-state index in [-0.39, 0.29) is 17.0 Å². The summed E-state index contributed by atoms with van der Waals surface area (Å²) in [6, 6.07) is 8.45. The van der Waals surface area contributed by atoms with Gasteiger partial charge >= 0.3 is 0 Å². The van der Waals surface area contributed by atoms with Crippen molar-refractivity contribution in [2.75, 3.05) is 0 Å². The average Bonchev–Trinajstić information content (AvgIpc) is 2.60. The number of benzene rings is 1. The van der Waals surface area contributed by atoms with E-state index in [2.05, 4.69) is 40.0 Å². The van der Waals surface area contributed by atoms with Crippen LogP contribution in [-0.4, -0.2) is 9.55 Å². The highest BCUT2D eigenvalue weighted by Gasteiger charge is 2.18. The van der Waals surface area contributed by atoms with Gasteiger partial charge in [-0.2, -0.15) is 0 Å². The Kier molecular flexibility index (Phi) is 2.19. The Bertz CT molecular complexity index is 474. The van der Waals surface area contributed by atoms with Crippen LogP contribution in [0.5, 0.6) is 0 Å². The summed E-state index contributed by atoms with van der Waals surface area (Å²) in [5.74, 6) is 1.12. The van der Waals surface area contributed by atoms with Gasteiger partial charge in [-0.3, -0.25) is 0 Å². The number of imidazole rings is 1. The van der Waals surface area contributed by atoms with E-state index in [1.54, 1.807) is 0 Å². The highest BCUT2D eigenvalue weighted by atomic mass is 79.9. The number of aryl methyl sites for hydroxylation is 1. The molecule has 1 aromatic heterocycles. The lowest BCUT2D eigenvalue weighted by Crippen LogP contribution is -3.00. The molecule has 72 valence electrons. The van der Waals surface area contributed by atoms with Crippen molar-refractivity contribution in [1.82, 2.24) is 9.55 Å². The fourth-order valence-corrected chi connectivity index (χ4v) is 1.94. The Labute approximate surface area is 93.4 Å². The summed E-state index contributed by atoms with van der Waals surface area (Å²) in [7, 11) is 0. The molecule has 2 heterocycles. The summed E-state index contributed by atoms with van der Waals surface area (Å²) < 4.78 is 2.21. The quantitative estimate of drug-likeness (QED) is 0.512. The first-order chi connectivity index (χ1) is 6.34. The lowest BCUT2D eigenvalue weighted by molar-refractivity contribution is -0.00000274. The number of hydrogen-bond donors (Lipinski definition) is 0.